The molecule has 0 spiro atoms. The molecule has 1 saturated heterocycles. The van der Waals surface area contributed by atoms with Crippen molar-refractivity contribution in [2.45, 2.75) is 59.4 Å². The first-order chi connectivity index (χ1) is 11.0. The number of carbonyl (C=O) groups is 2. The van der Waals surface area contributed by atoms with Gasteiger partial charge in [-0.3, -0.25) is 4.79 Å². The molecule has 2 N–H and O–H groups in total. The van der Waals surface area contributed by atoms with Gasteiger partial charge in [0.1, 0.15) is 6.04 Å². The van der Waals surface area contributed by atoms with E-state index >= 15 is 0 Å². The molecule has 0 aromatic carbocycles. The molecule has 1 heterocycles. The molecule has 1 aliphatic heterocycles. The van der Waals surface area contributed by atoms with Crippen molar-refractivity contribution in [1.29, 1.82) is 0 Å². The second kappa shape index (κ2) is 8.29. The summed E-state index contributed by atoms with van der Waals surface area (Å²) in [5.41, 5.74) is -0.00171. The molecule has 0 bridgehead atoms. The van der Waals surface area contributed by atoms with Crippen LogP contribution in [0.1, 0.15) is 53.4 Å². The number of nitrogens with zero attached hydrogens (tertiary/aromatic N) is 1. The van der Waals surface area contributed by atoms with Crippen molar-refractivity contribution >= 4 is 21.9 Å². The number of carbonyl (C=O) groups excluding carboxylic acids is 1. The summed E-state index contributed by atoms with van der Waals surface area (Å²) in [5, 5.41) is 11.9. The molecule has 24 heavy (non-hydrogen) atoms. The summed E-state index contributed by atoms with van der Waals surface area (Å²) in [7, 11) is -3.22. The Bertz CT molecular complexity index is 545. The first kappa shape index (κ1) is 20.9. The van der Waals surface area contributed by atoms with Gasteiger partial charge in [0.05, 0.1) is 5.75 Å². The van der Waals surface area contributed by atoms with Crippen molar-refractivity contribution in [2.75, 3.05) is 18.8 Å². The smallest absolute Gasteiger partial charge is 0.326 e. The SMILES string of the molecule is CCS(=O)(=O)N1CCC(C(=O)NC(CCC(C)(C)C)C(=O)O)CC1. The van der Waals surface area contributed by atoms with Crippen LogP contribution < -0.4 is 5.32 Å². The molecule has 1 amide bonds. The van der Waals surface area contributed by atoms with Crippen molar-refractivity contribution in [3.8, 4) is 0 Å². The predicted octanol–water partition coefficient (Wildman–Crippen LogP) is 1.44. The van der Waals surface area contributed by atoms with Gasteiger partial charge in [-0.2, -0.15) is 0 Å². The monoisotopic (exact) mass is 362 g/mol. The lowest BCUT2D eigenvalue weighted by Gasteiger charge is -2.31. The number of sulfonamides is 1. The number of carboxylic acid groups (broad SMARTS) is 1. The van der Waals surface area contributed by atoms with Crippen molar-refractivity contribution in [3.63, 3.8) is 0 Å². The van der Waals surface area contributed by atoms with Crippen LogP contribution in [0.15, 0.2) is 0 Å². The maximum absolute atomic E-state index is 12.3. The number of rotatable bonds is 7. The summed E-state index contributed by atoms with van der Waals surface area (Å²) in [6.07, 6.45) is 1.93. The topological polar surface area (TPSA) is 104 Å². The zero-order valence-corrected chi connectivity index (χ0v) is 15.9. The van der Waals surface area contributed by atoms with Crippen molar-refractivity contribution in [2.24, 2.45) is 11.3 Å². The van der Waals surface area contributed by atoms with E-state index in [1.165, 1.54) is 4.31 Å². The first-order valence-electron chi connectivity index (χ1n) is 8.47. The highest BCUT2D eigenvalue weighted by atomic mass is 32.2. The van der Waals surface area contributed by atoms with E-state index in [4.69, 9.17) is 0 Å². The van der Waals surface area contributed by atoms with Crippen LogP contribution in [0.5, 0.6) is 0 Å². The van der Waals surface area contributed by atoms with Crippen LogP contribution in [0.2, 0.25) is 0 Å². The van der Waals surface area contributed by atoms with Gasteiger partial charge in [-0.1, -0.05) is 20.8 Å². The highest BCUT2D eigenvalue weighted by molar-refractivity contribution is 7.89. The zero-order chi connectivity index (χ0) is 18.5. The van der Waals surface area contributed by atoms with E-state index in [0.717, 1.165) is 0 Å². The number of piperidine rings is 1. The van der Waals surface area contributed by atoms with Crippen LogP contribution >= 0.6 is 0 Å². The van der Waals surface area contributed by atoms with Gasteiger partial charge in [-0.05, 0) is 38.0 Å². The number of carboxylic acids is 1. The van der Waals surface area contributed by atoms with Gasteiger partial charge in [0.2, 0.25) is 15.9 Å². The number of hydrogen-bond acceptors (Lipinski definition) is 4. The number of aliphatic carboxylic acids is 1. The normalized spacial score (nSPS) is 19.0. The average molecular weight is 362 g/mol. The minimum absolute atomic E-state index is 0.00171. The lowest BCUT2D eigenvalue weighted by Crippen LogP contribution is -2.47. The van der Waals surface area contributed by atoms with Crippen LogP contribution in [-0.2, 0) is 19.6 Å². The molecule has 1 unspecified atom stereocenters. The van der Waals surface area contributed by atoms with Crippen LogP contribution in [-0.4, -0.2) is 54.6 Å². The van der Waals surface area contributed by atoms with E-state index in [1.54, 1.807) is 6.92 Å². The summed E-state index contributed by atoms with van der Waals surface area (Å²) in [5.74, 6) is -1.59. The summed E-state index contributed by atoms with van der Waals surface area (Å²) in [4.78, 5) is 23.7. The summed E-state index contributed by atoms with van der Waals surface area (Å²) in [6, 6.07) is -0.894. The fraction of sp³-hybridized carbons (Fsp3) is 0.875. The molecule has 0 radical (unpaired) electrons. The van der Waals surface area contributed by atoms with E-state index in [-0.39, 0.29) is 23.0 Å². The van der Waals surface area contributed by atoms with Crippen LogP contribution in [0.4, 0.5) is 0 Å². The van der Waals surface area contributed by atoms with Gasteiger partial charge in [0.25, 0.3) is 0 Å². The Morgan fingerprint density at radius 1 is 1.25 bits per heavy atom. The van der Waals surface area contributed by atoms with Gasteiger partial charge in [0, 0.05) is 19.0 Å². The van der Waals surface area contributed by atoms with Gasteiger partial charge in [-0.25, -0.2) is 17.5 Å². The second-order valence-electron chi connectivity index (χ2n) is 7.57. The quantitative estimate of drug-likeness (QED) is 0.713. The fourth-order valence-corrected chi connectivity index (χ4v) is 3.84. The van der Waals surface area contributed by atoms with Crippen molar-refractivity contribution in [1.82, 2.24) is 9.62 Å². The molecule has 0 aromatic rings. The predicted molar refractivity (Wildman–Crippen MR) is 92.0 cm³/mol. The molecular weight excluding hydrogens is 332 g/mol. The van der Waals surface area contributed by atoms with E-state index in [2.05, 4.69) is 5.32 Å². The Morgan fingerprint density at radius 3 is 2.21 bits per heavy atom. The minimum atomic E-state index is -3.22. The maximum Gasteiger partial charge on any atom is 0.326 e. The fourth-order valence-electron chi connectivity index (χ4n) is 2.70. The van der Waals surface area contributed by atoms with E-state index in [9.17, 15) is 23.1 Å². The van der Waals surface area contributed by atoms with E-state index in [0.29, 0.717) is 38.8 Å². The largest absolute Gasteiger partial charge is 0.480 e. The number of hydrogen-bond donors (Lipinski definition) is 2. The van der Waals surface area contributed by atoms with Crippen molar-refractivity contribution in [3.05, 3.63) is 0 Å². The molecule has 140 valence electrons. The molecule has 1 aliphatic rings. The lowest BCUT2D eigenvalue weighted by atomic mass is 9.88. The van der Waals surface area contributed by atoms with Crippen LogP contribution in [0.3, 0.4) is 0 Å². The third-order valence-corrected chi connectivity index (χ3v) is 6.26. The third-order valence-electron chi connectivity index (χ3n) is 4.38. The van der Waals surface area contributed by atoms with Gasteiger partial charge in [-0.15, -0.1) is 0 Å². The standard InChI is InChI=1S/C16H30N2O5S/c1-5-24(22,23)18-10-7-12(8-11-18)14(19)17-13(15(20)21)6-9-16(2,3)4/h12-13H,5-11H2,1-4H3,(H,17,19)(H,20,21). The maximum atomic E-state index is 12.3. The summed E-state index contributed by atoms with van der Waals surface area (Å²) < 4.78 is 25.1. The molecule has 0 saturated carbocycles. The highest BCUT2D eigenvalue weighted by Crippen LogP contribution is 2.23. The molecule has 7 nitrogen and oxygen atoms in total. The highest BCUT2D eigenvalue weighted by Gasteiger charge is 2.32. The van der Waals surface area contributed by atoms with Crippen LogP contribution in [0.25, 0.3) is 0 Å². The molecule has 1 fully saturated rings. The Labute approximate surface area is 144 Å². The lowest BCUT2D eigenvalue weighted by molar-refractivity contribution is -0.143. The molecule has 8 heteroatoms. The average Bonchev–Trinajstić information content (AvgIpc) is 2.50. The number of amides is 1. The molecule has 1 rings (SSSR count). The molecule has 1 atom stereocenters. The Balaban J connectivity index is 2.56. The minimum Gasteiger partial charge on any atom is -0.480 e. The van der Waals surface area contributed by atoms with Gasteiger partial charge in [0.15, 0.2) is 0 Å². The summed E-state index contributed by atoms with van der Waals surface area (Å²) >= 11 is 0. The van der Waals surface area contributed by atoms with E-state index < -0.39 is 22.0 Å². The van der Waals surface area contributed by atoms with Crippen molar-refractivity contribution < 1.29 is 23.1 Å². The second-order valence-corrected chi connectivity index (χ2v) is 9.83. The van der Waals surface area contributed by atoms with Crippen LogP contribution in [0, 0.1) is 11.3 Å². The first-order valence-corrected chi connectivity index (χ1v) is 10.1. The number of nitrogens with one attached hydrogen (secondary N) is 1. The van der Waals surface area contributed by atoms with Gasteiger partial charge < -0.3 is 10.4 Å². The molecular formula is C16H30N2O5S. The third kappa shape index (κ3) is 6.39. The Morgan fingerprint density at radius 2 is 1.79 bits per heavy atom. The molecule has 0 aliphatic carbocycles. The Kier molecular flexibility index (Phi) is 7.22. The zero-order valence-electron chi connectivity index (χ0n) is 15.0. The summed E-state index contributed by atoms with van der Waals surface area (Å²) in [6.45, 7) is 8.30. The molecule has 0 aromatic heterocycles. The Hall–Kier alpha value is -1.15. The van der Waals surface area contributed by atoms with Gasteiger partial charge >= 0.3 is 5.97 Å². The van der Waals surface area contributed by atoms with E-state index in [1.807, 2.05) is 20.8 Å².